The van der Waals surface area contributed by atoms with Crippen LogP contribution in [-0.4, -0.2) is 0 Å². The van der Waals surface area contributed by atoms with Crippen LogP contribution < -0.4 is 4.90 Å². The molecule has 0 aliphatic heterocycles. The maximum atomic E-state index is 2.45. The monoisotopic (exact) mass is 825 g/mol. The third-order valence-corrected chi connectivity index (χ3v) is 13.1. The molecule has 12 aromatic rings. The third kappa shape index (κ3) is 7.01. The van der Waals surface area contributed by atoms with E-state index in [0.717, 1.165) is 22.6 Å². The van der Waals surface area contributed by atoms with E-state index in [-0.39, 0.29) is 0 Å². The second kappa shape index (κ2) is 16.3. The predicted octanol–water partition coefficient (Wildman–Crippen LogP) is 18.1. The minimum absolute atomic E-state index is 1.08. The van der Waals surface area contributed by atoms with Crippen molar-refractivity contribution in [2.24, 2.45) is 0 Å². The Morgan fingerprint density at radius 2 is 0.708 bits per heavy atom. The van der Waals surface area contributed by atoms with Crippen LogP contribution in [-0.2, 0) is 0 Å². The fourth-order valence-electron chi connectivity index (χ4n) is 9.86. The number of anilines is 3. The molecule has 12 rings (SSSR count). The summed E-state index contributed by atoms with van der Waals surface area (Å²) in [7, 11) is 0. The van der Waals surface area contributed by atoms with Crippen LogP contribution in [0.25, 0.3) is 98.7 Å². The fourth-order valence-corrected chi connectivity index (χ4v) is 9.86. The van der Waals surface area contributed by atoms with Crippen LogP contribution in [0, 0.1) is 0 Å². The van der Waals surface area contributed by atoms with Crippen LogP contribution >= 0.6 is 0 Å². The zero-order valence-corrected chi connectivity index (χ0v) is 35.8. The molecule has 0 unspecified atom stereocenters. The molecular weight excluding hydrogens is 783 g/mol. The molecule has 0 aliphatic carbocycles. The highest BCUT2D eigenvalue weighted by atomic mass is 15.1. The van der Waals surface area contributed by atoms with Gasteiger partial charge in [-0.25, -0.2) is 0 Å². The molecule has 0 fully saturated rings. The van der Waals surface area contributed by atoms with Gasteiger partial charge in [0.25, 0.3) is 0 Å². The van der Waals surface area contributed by atoms with Crippen molar-refractivity contribution in [1.29, 1.82) is 0 Å². The van der Waals surface area contributed by atoms with Gasteiger partial charge in [-0.15, -0.1) is 0 Å². The van der Waals surface area contributed by atoms with Gasteiger partial charge < -0.3 is 4.90 Å². The average molecular weight is 826 g/mol. The highest BCUT2D eigenvalue weighted by molar-refractivity contribution is 6.15. The summed E-state index contributed by atoms with van der Waals surface area (Å²) in [6, 6.07) is 95.5. The maximum Gasteiger partial charge on any atom is 0.0546 e. The van der Waals surface area contributed by atoms with Crippen molar-refractivity contribution in [2.45, 2.75) is 0 Å². The van der Waals surface area contributed by atoms with Crippen molar-refractivity contribution in [3.05, 3.63) is 261 Å². The van der Waals surface area contributed by atoms with Crippen molar-refractivity contribution in [2.75, 3.05) is 4.90 Å². The summed E-state index contributed by atoms with van der Waals surface area (Å²) in [5.41, 5.74) is 15.2. The average Bonchev–Trinajstić information content (AvgIpc) is 3.39. The first-order valence-corrected chi connectivity index (χ1v) is 22.4. The Labute approximate surface area is 379 Å². The molecule has 0 radical (unpaired) electrons. The SMILES string of the molecule is c1ccc(-c2ccc(-c3c(-c4cc5ccccc5c5ccccc45)cccc3N(c3ccc(-c4ccc5ccccc5c4)cc3)c3ccc(-c4cccc5ccccc45)cc3)cc2)cc1. The zero-order chi connectivity index (χ0) is 43.1. The predicted molar refractivity (Wildman–Crippen MR) is 278 cm³/mol. The largest absolute Gasteiger partial charge is 0.310 e. The number of rotatable bonds is 8. The Hall–Kier alpha value is -8.52. The Morgan fingerprint density at radius 3 is 1.46 bits per heavy atom. The number of benzene rings is 12. The maximum absolute atomic E-state index is 2.45. The Bertz CT molecular complexity index is 3670. The molecule has 12 aromatic carbocycles. The quantitative estimate of drug-likeness (QED) is 0.138. The number of fused-ring (bicyclic) bond motifs is 5. The zero-order valence-electron chi connectivity index (χ0n) is 35.8. The Kier molecular flexibility index (Phi) is 9.58. The second-order valence-electron chi connectivity index (χ2n) is 16.9. The van der Waals surface area contributed by atoms with E-state index in [9.17, 15) is 0 Å². The lowest BCUT2D eigenvalue weighted by atomic mass is 9.87. The summed E-state index contributed by atoms with van der Waals surface area (Å²) in [6.45, 7) is 0. The van der Waals surface area contributed by atoms with Gasteiger partial charge in [-0.3, -0.25) is 0 Å². The van der Waals surface area contributed by atoms with Crippen molar-refractivity contribution in [3.63, 3.8) is 0 Å². The third-order valence-electron chi connectivity index (χ3n) is 13.1. The van der Waals surface area contributed by atoms with Crippen molar-refractivity contribution in [1.82, 2.24) is 0 Å². The first-order valence-electron chi connectivity index (χ1n) is 22.4. The standard InChI is InChI=1S/C64H43N/c1-2-14-44(15-3-1)46-28-31-50(32-29-46)64-61(62-43-53-19-7-9-22-58(53)59-23-10-11-24-60(59)62)26-13-27-63(64)65(54-38-34-47(35-39-54)52-33-30-45-16-4-5-18-51(45)42-52)55-40-36-49(37-41-55)57-25-12-20-48-17-6-8-21-56(48)57/h1-43H. The van der Waals surface area contributed by atoms with Gasteiger partial charge >= 0.3 is 0 Å². The van der Waals surface area contributed by atoms with E-state index in [0.29, 0.717) is 0 Å². The van der Waals surface area contributed by atoms with Crippen LogP contribution in [0.15, 0.2) is 261 Å². The van der Waals surface area contributed by atoms with Crippen molar-refractivity contribution < 1.29 is 0 Å². The number of nitrogens with zero attached hydrogens (tertiary/aromatic N) is 1. The Balaban J connectivity index is 1.08. The molecule has 0 heterocycles. The van der Waals surface area contributed by atoms with E-state index < -0.39 is 0 Å². The summed E-state index contributed by atoms with van der Waals surface area (Å²) >= 11 is 0. The number of hydrogen-bond donors (Lipinski definition) is 0. The molecule has 0 bridgehead atoms. The summed E-state index contributed by atoms with van der Waals surface area (Å²) < 4.78 is 0. The molecular formula is C64H43N. The summed E-state index contributed by atoms with van der Waals surface area (Å²) in [5, 5.41) is 9.94. The fraction of sp³-hybridized carbons (Fsp3) is 0. The number of hydrogen-bond acceptors (Lipinski definition) is 1. The normalized spacial score (nSPS) is 11.4. The highest BCUT2D eigenvalue weighted by Crippen LogP contribution is 2.48. The van der Waals surface area contributed by atoms with Gasteiger partial charge in [-0.1, -0.05) is 218 Å². The summed E-state index contributed by atoms with van der Waals surface area (Å²) in [4.78, 5) is 2.45. The lowest BCUT2D eigenvalue weighted by Crippen LogP contribution is -2.12. The van der Waals surface area contributed by atoms with Crippen LogP contribution in [0.2, 0.25) is 0 Å². The summed E-state index contributed by atoms with van der Waals surface area (Å²) in [6.07, 6.45) is 0. The summed E-state index contributed by atoms with van der Waals surface area (Å²) in [5.74, 6) is 0. The van der Waals surface area contributed by atoms with E-state index >= 15 is 0 Å². The highest BCUT2D eigenvalue weighted by Gasteiger charge is 2.23. The van der Waals surface area contributed by atoms with Gasteiger partial charge in [0.15, 0.2) is 0 Å². The van der Waals surface area contributed by atoms with Crippen LogP contribution in [0.5, 0.6) is 0 Å². The topological polar surface area (TPSA) is 3.24 Å². The molecule has 0 spiro atoms. The minimum Gasteiger partial charge on any atom is -0.310 e. The van der Waals surface area contributed by atoms with E-state index in [2.05, 4.69) is 266 Å². The van der Waals surface area contributed by atoms with E-state index in [4.69, 9.17) is 0 Å². The van der Waals surface area contributed by atoms with Gasteiger partial charge in [0.1, 0.15) is 0 Å². The van der Waals surface area contributed by atoms with Crippen LogP contribution in [0.1, 0.15) is 0 Å². The molecule has 0 atom stereocenters. The first-order chi connectivity index (χ1) is 32.2. The van der Waals surface area contributed by atoms with E-state index in [1.54, 1.807) is 0 Å². The molecule has 0 saturated carbocycles. The molecule has 0 aliphatic rings. The van der Waals surface area contributed by atoms with Gasteiger partial charge in [0.2, 0.25) is 0 Å². The molecule has 0 N–H and O–H groups in total. The molecule has 304 valence electrons. The van der Waals surface area contributed by atoms with Crippen LogP contribution in [0.4, 0.5) is 17.1 Å². The molecule has 0 aromatic heterocycles. The van der Waals surface area contributed by atoms with Gasteiger partial charge in [-0.05, 0) is 136 Å². The Morgan fingerprint density at radius 1 is 0.215 bits per heavy atom. The molecule has 65 heavy (non-hydrogen) atoms. The minimum atomic E-state index is 1.08. The molecule has 1 heteroatoms. The van der Waals surface area contributed by atoms with Gasteiger partial charge in [0, 0.05) is 16.9 Å². The van der Waals surface area contributed by atoms with Crippen LogP contribution in [0.3, 0.4) is 0 Å². The second-order valence-corrected chi connectivity index (χ2v) is 16.9. The van der Waals surface area contributed by atoms with Crippen molar-refractivity contribution >= 4 is 60.2 Å². The first kappa shape index (κ1) is 38.2. The van der Waals surface area contributed by atoms with Crippen molar-refractivity contribution in [3.8, 4) is 55.6 Å². The molecule has 0 amide bonds. The van der Waals surface area contributed by atoms with E-state index in [1.165, 1.54) is 93.2 Å². The smallest absolute Gasteiger partial charge is 0.0546 e. The molecule has 1 nitrogen and oxygen atoms in total. The lowest BCUT2D eigenvalue weighted by Gasteiger charge is -2.30. The lowest BCUT2D eigenvalue weighted by molar-refractivity contribution is 1.28. The van der Waals surface area contributed by atoms with Gasteiger partial charge in [-0.2, -0.15) is 0 Å². The molecule has 0 saturated heterocycles. The van der Waals surface area contributed by atoms with Gasteiger partial charge in [0.05, 0.1) is 5.69 Å². The van der Waals surface area contributed by atoms with E-state index in [1.807, 2.05) is 0 Å².